The van der Waals surface area contributed by atoms with Crippen LogP contribution in [0, 0.1) is 0 Å². The Morgan fingerprint density at radius 2 is 0.582 bits per heavy atom. The van der Waals surface area contributed by atoms with Crippen molar-refractivity contribution in [1.82, 2.24) is 0 Å². The van der Waals surface area contributed by atoms with Crippen molar-refractivity contribution in [2.45, 2.75) is 229 Å². The van der Waals surface area contributed by atoms with E-state index in [0.29, 0.717) is 0 Å². The van der Waals surface area contributed by atoms with E-state index in [0.717, 1.165) is 76.3 Å². The average molecular weight is 1110 g/mol. The second-order valence-corrected chi connectivity index (χ2v) is 37.2. The number of benzene rings is 6. The number of hydrogen-bond acceptors (Lipinski definition) is 4. The van der Waals surface area contributed by atoms with E-state index in [9.17, 15) is 0 Å². The van der Waals surface area contributed by atoms with Crippen molar-refractivity contribution in [2.24, 2.45) is 0 Å². The molecule has 7 rings (SSSR count). The molecule has 0 aromatic heterocycles. The van der Waals surface area contributed by atoms with E-state index in [-0.39, 0.29) is 43.3 Å². The second-order valence-electron chi connectivity index (χ2n) is 31.4. The quantitative estimate of drug-likeness (QED) is 0.121. The van der Waals surface area contributed by atoms with Crippen molar-refractivity contribution < 1.29 is 18.1 Å². The summed E-state index contributed by atoms with van der Waals surface area (Å²) in [5, 5.41) is 2.16. The zero-order chi connectivity index (χ0) is 58.8. The van der Waals surface area contributed by atoms with E-state index in [1.54, 1.807) is 0 Å². The zero-order valence-electron chi connectivity index (χ0n) is 53.6. The van der Waals surface area contributed by atoms with Crippen LogP contribution in [0.4, 0.5) is 0 Å². The first kappa shape index (κ1) is 62.0. The Morgan fingerprint density at radius 3 is 0.873 bits per heavy atom. The Morgan fingerprint density at radius 1 is 0.304 bits per heavy atom. The third-order valence-electron chi connectivity index (χ3n) is 16.2. The van der Waals surface area contributed by atoms with Crippen molar-refractivity contribution in [2.75, 3.05) is 12.3 Å². The van der Waals surface area contributed by atoms with Crippen LogP contribution in [0.2, 0.25) is 0 Å². The SMILES string of the molecule is CC(C)(C)c1ccc(OP(Oc2ccc(C(C)(C)C)cc2C(C)(C)C)c2ccc(-c3ccc(P4(Oc5ccc(C(C)(C)C)cc5C(C)(C)C)(Oc5ccc(C(C)(C)C)cc5C(C)(C)C)CCCCC4)cc3)cc2)c(C(C)(C)C)c1. The molecule has 0 radical (unpaired) electrons. The van der Waals surface area contributed by atoms with Crippen molar-refractivity contribution in [1.29, 1.82) is 0 Å². The Balaban J connectivity index is 1.37. The summed E-state index contributed by atoms with van der Waals surface area (Å²) in [4.78, 5) is 0. The van der Waals surface area contributed by atoms with E-state index in [1.165, 1.54) is 44.5 Å². The fraction of sp³-hybridized carbons (Fsp3) is 0.507. The predicted octanol–water partition coefficient (Wildman–Crippen LogP) is 21.2. The molecule has 0 spiro atoms. The van der Waals surface area contributed by atoms with Gasteiger partial charge in [-0.2, -0.15) is 0 Å². The van der Waals surface area contributed by atoms with Crippen LogP contribution in [0.25, 0.3) is 11.1 Å². The van der Waals surface area contributed by atoms with Gasteiger partial charge >= 0.3 is 345 Å². The van der Waals surface area contributed by atoms with Crippen molar-refractivity contribution in [3.05, 3.63) is 166 Å². The van der Waals surface area contributed by atoms with Crippen LogP contribution in [-0.2, 0) is 43.3 Å². The fourth-order valence-electron chi connectivity index (χ4n) is 10.9. The summed E-state index contributed by atoms with van der Waals surface area (Å²) < 4.78 is 30.7. The molecule has 0 unspecified atom stereocenters. The van der Waals surface area contributed by atoms with E-state index in [2.05, 4.69) is 287 Å². The van der Waals surface area contributed by atoms with Gasteiger partial charge in [0.15, 0.2) is 0 Å². The van der Waals surface area contributed by atoms with Gasteiger partial charge in [0.2, 0.25) is 0 Å². The third kappa shape index (κ3) is 14.0. The van der Waals surface area contributed by atoms with Gasteiger partial charge in [-0.1, -0.05) is 107 Å². The maximum absolute atomic E-state index is 8.08. The first-order chi connectivity index (χ1) is 36.1. The minimum Gasteiger partial charge on any atom is -0.0559 e. The van der Waals surface area contributed by atoms with Gasteiger partial charge in [0.25, 0.3) is 0 Å². The minimum atomic E-state index is -3.79. The van der Waals surface area contributed by atoms with Gasteiger partial charge in [0.1, 0.15) is 0 Å². The van der Waals surface area contributed by atoms with Crippen molar-refractivity contribution in [3.8, 4) is 34.1 Å². The fourth-order valence-corrected chi connectivity index (χ4v) is 17.3. The van der Waals surface area contributed by atoms with E-state index >= 15 is 0 Å². The van der Waals surface area contributed by atoms with Gasteiger partial charge < -0.3 is 0 Å². The van der Waals surface area contributed by atoms with Crippen LogP contribution in [0.1, 0.15) is 230 Å². The van der Waals surface area contributed by atoms with Crippen LogP contribution >= 0.6 is 15.4 Å². The van der Waals surface area contributed by atoms with Gasteiger partial charge in [-0.3, -0.25) is 0 Å². The molecule has 6 aromatic carbocycles. The van der Waals surface area contributed by atoms with Crippen LogP contribution in [-0.4, -0.2) is 12.3 Å². The molecule has 1 aliphatic heterocycles. The normalized spacial score (nSPS) is 16.2. The summed E-state index contributed by atoms with van der Waals surface area (Å²) in [5.41, 5.74) is 11.5. The summed E-state index contributed by atoms with van der Waals surface area (Å²) >= 11 is 0. The van der Waals surface area contributed by atoms with E-state index in [4.69, 9.17) is 18.1 Å². The molecule has 1 fully saturated rings. The Labute approximate surface area is 482 Å². The first-order valence-corrected chi connectivity index (χ1v) is 33.1. The van der Waals surface area contributed by atoms with Crippen LogP contribution in [0.15, 0.2) is 121 Å². The number of rotatable bonds is 11. The van der Waals surface area contributed by atoms with Crippen LogP contribution in [0.5, 0.6) is 23.0 Å². The molecule has 0 saturated carbocycles. The molecule has 6 heteroatoms. The molecule has 1 aliphatic rings. The second kappa shape index (κ2) is 21.6. The molecule has 1 saturated heterocycles. The van der Waals surface area contributed by atoms with Crippen LogP contribution in [0.3, 0.4) is 0 Å². The van der Waals surface area contributed by atoms with E-state index < -0.39 is 15.4 Å². The molecule has 0 bridgehead atoms. The van der Waals surface area contributed by atoms with E-state index in [1.807, 2.05) is 0 Å². The van der Waals surface area contributed by atoms with Gasteiger partial charge in [-0.25, -0.2) is 0 Å². The molecule has 79 heavy (non-hydrogen) atoms. The third-order valence-corrected chi connectivity index (χ3v) is 22.8. The summed E-state index contributed by atoms with van der Waals surface area (Å²) in [7, 11) is -5.43. The summed E-state index contributed by atoms with van der Waals surface area (Å²) in [5.74, 6) is 3.58. The van der Waals surface area contributed by atoms with Gasteiger partial charge in [-0.15, -0.1) is 0 Å². The van der Waals surface area contributed by atoms with Crippen molar-refractivity contribution in [3.63, 3.8) is 0 Å². The van der Waals surface area contributed by atoms with Crippen molar-refractivity contribution >= 4 is 26.0 Å². The Hall–Kier alpha value is -4.62. The summed E-state index contributed by atoms with van der Waals surface area (Å²) in [6, 6.07) is 45.5. The molecule has 1 heterocycles. The molecule has 0 N–H and O–H groups in total. The predicted molar refractivity (Wildman–Crippen MR) is 346 cm³/mol. The average Bonchev–Trinajstić information content (AvgIpc) is 3.53. The molecule has 0 aliphatic carbocycles. The standard InChI is InChI=1S/C73H102O4P2/c1-66(2,3)52-32-40-62(58(46-52)70(13,14)15)74-78(75-63-41-33-53(67(4,5)6)47-59(63)71(16,17)18)56-36-28-50(29-37-56)51-30-38-57(39-31-51)79(44-26-25-27-45-79,76-64-42-34-54(68(7,8)9)48-60(64)72(19,20)21)77-65-43-35-55(69(10,11)12)49-61(65)73(22,23)24/h28-43,46-49H,25-27,44-45H2,1-24H3. The minimum absolute atomic E-state index is 0.00774. The van der Waals surface area contributed by atoms with Gasteiger partial charge in [0, 0.05) is 0 Å². The smallest absolute Gasteiger partial charge is 0.0559 e. The zero-order valence-corrected chi connectivity index (χ0v) is 55.4. The van der Waals surface area contributed by atoms with Crippen LogP contribution < -0.4 is 28.7 Å². The Kier molecular flexibility index (Phi) is 17.0. The topological polar surface area (TPSA) is 36.9 Å². The number of hydrogen-bond donors (Lipinski definition) is 0. The Bertz CT molecular complexity index is 2940. The molecular formula is C73H102O4P2. The molecule has 6 aromatic rings. The molecular weight excluding hydrogens is 1000 g/mol. The molecule has 0 atom stereocenters. The molecule has 0 amide bonds. The maximum atomic E-state index is 8.08. The van der Waals surface area contributed by atoms with Gasteiger partial charge in [-0.05, 0) is 32.8 Å². The van der Waals surface area contributed by atoms with Gasteiger partial charge in [0.05, 0.1) is 0 Å². The summed E-state index contributed by atoms with van der Waals surface area (Å²) in [6.07, 6.45) is 4.88. The monoisotopic (exact) mass is 1100 g/mol. The summed E-state index contributed by atoms with van der Waals surface area (Å²) in [6.45, 7) is 54.9. The first-order valence-electron chi connectivity index (χ1n) is 29.5. The molecule has 428 valence electrons. The molecule has 4 nitrogen and oxygen atoms in total.